The Kier molecular flexibility index (Phi) is 7.40. The van der Waals surface area contributed by atoms with Crippen LogP contribution in [-0.4, -0.2) is 29.4 Å². The van der Waals surface area contributed by atoms with Gasteiger partial charge in [0.2, 0.25) is 5.91 Å². The van der Waals surface area contributed by atoms with E-state index in [1.54, 1.807) is 0 Å². The molecule has 5 heteroatoms. The van der Waals surface area contributed by atoms with E-state index in [9.17, 15) is 9.59 Å². The van der Waals surface area contributed by atoms with Crippen LogP contribution in [0, 0.1) is 0 Å². The van der Waals surface area contributed by atoms with Gasteiger partial charge in [0.1, 0.15) is 0 Å². The fraction of sp³-hybridized carbons (Fsp3) is 0.286. The fourth-order valence-corrected chi connectivity index (χ4v) is 4.54. The molecule has 0 aromatic heterocycles. The maximum Gasteiger partial charge on any atom is 0.315 e. The summed E-state index contributed by atoms with van der Waals surface area (Å²) in [4.78, 5) is 26.5. The van der Waals surface area contributed by atoms with Crippen molar-refractivity contribution in [3.05, 3.63) is 107 Å². The lowest BCUT2D eigenvalue weighted by molar-refractivity contribution is -0.128. The SMILES string of the molecule is CC(NC(=O)NCc1cccc(CN2CCCC2=O)c1)C(c1ccccc1)c1ccccc1. The minimum atomic E-state index is -0.195. The number of likely N-dealkylation sites (tertiary alicyclic amines) is 1. The molecular formula is C28H31N3O2. The van der Waals surface area contributed by atoms with E-state index in [4.69, 9.17) is 0 Å². The summed E-state index contributed by atoms with van der Waals surface area (Å²) in [6.07, 6.45) is 1.58. The summed E-state index contributed by atoms with van der Waals surface area (Å²) in [5.74, 6) is 0.276. The molecule has 0 radical (unpaired) electrons. The standard InChI is InChI=1S/C28H31N3O2/c1-21(27(24-12-4-2-5-13-24)25-14-6-3-7-15-25)30-28(33)29-19-22-10-8-11-23(18-22)20-31-17-9-16-26(31)32/h2-8,10-15,18,21,27H,9,16-17,19-20H2,1H3,(H2,29,30,33). The zero-order valence-corrected chi connectivity index (χ0v) is 19.0. The first-order valence-electron chi connectivity index (χ1n) is 11.6. The first kappa shape index (κ1) is 22.6. The maximum absolute atomic E-state index is 12.7. The van der Waals surface area contributed by atoms with Crippen molar-refractivity contribution in [2.75, 3.05) is 6.54 Å². The van der Waals surface area contributed by atoms with E-state index in [0.717, 1.165) is 24.1 Å². The van der Waals surface area contributed by atoms with Crippen molar-refractivity contribution >= 4 is 11.9 Å². The van der Waals surface area contributed by atoms with E-state index in [1.807, 2.05) is 66.4 Å². The van der Waals surface area contributed by atoms with Crippen molar-refractivity contribution in [2.45, 2.75) is 44.8 Å². The summed E-state index contributed by atoms with van der Waals surface area (Å²) in [7, 11) is 0. The number of nitrogens with one attached hydrogen (secondary N) is 2. The van der Waals surface area contributed by atoms with Gasteiger partial charge in [-0.1, -0.05) is 84.9 Å². The van der Waals surface area contributed by atoms with Gasteiger partial charge in [0.15, 0.2) is 0 Å². The molecule has 3 aromatic carbocycles. The Labute approximate surface area is 195 Å². The summed E-state index contributed by atoms with van der Waals surface area (Å²) in [6.45, 7) is 3.93. The van der Waals surface area contributed by atoms with Crippen LogP contribution in [0.15, 0.2) is 84.9 Å². The van der Waals surface area contributed by atoms with Crippen LogP contribution in [0.3, 0.4) is 0 Å². The number of hydrogen-bond donors (Lipinski definition) is 2. The van der Waals surface area contributed by atoms with Gasteiger partial charge in [0, 0.05) is 38.0 Å². The predicted octanol–water partition coefficient (Wildman–Crippen LogP) is 4.83. The highest BCUT2D eigenvalue weighted by Crippen LogP contribution is 2.28. The minimum Gasteiger partial charge on any atom is -0.338 e. The van der Waals surface area contributed by atoms with Crippen molar-refractivity contribution in [3.63, 3.8) is 0 Å². The highest BCUT2D eigenvalue weighted by Gasteiger charge is 2.23. The fourth-order valence-electron chi connectivity index (χ4n) is 4.54. The van der Waals surface area contributed by atoms with Crippen molar-refractivity contribution in [2.24, 2.45) is 0 Å². The maximum atomic E-state index is 12.7. The largest absolute Gasteiger partial charge is 0.338 e. The average molecular weight is 442 g/mol. The molecule has 0 saturated carbocycles. The number of carbonyl (C=O) groups excluding carboxylic acids is 2. The molecule has 5 nitrogen and oxygen atoms in total. The van der Waals surface area contributed by atoms with Crippen LogP contribution in [0.2, 0.25) is 0 Å². The third kappa shape index (κ3) is 6.01. The lowest BCUT2D eigenvalue weighted by Gasteiger charge is -2.26. The van der Waals surface area contributed by atoms with Crippen molar-refractivity contribution < 1.29 is 9.59 Å². The van der Waals surface area contributed by atoms with Gasteiger partial charge < -0.3 is 15.5 Å². The molecule has 0 spiro atoms. The number of urea groups is 1. The van der Waals surface area contributed by atoms with Crippen LogP contribution < -0.4 is 10.6 Å². The van der Waals surface area contributed by atoms with E-state index < -0.39 is 0 Å². The zero-order chi connectivity index (χ0) is 23.0. The van der Waals surface area contributed by atoms with Gasteiger partial charge in [0.25, 0.3) is 0 Å². The lowest BCUT2D eigenvalue weighted by atomic mass is 9.86. The second-order valence-corrected chi connectivity index (χ2v) is 8.65. The predicted molar refractivity (Wildman–Crippen MR) is 131 cm³/mol. The monoisotopic (exact) mass is 441 g/mol. The molecule has 1 heterocycles. The Morgan fingerprint density at radius 2 is 1.55 bits per heavy atom. The van der Waals surface area contributed by atoms with E-state index in [1.165, 1.54) is 11.1 Å². The summed E-state index contributed by atoms with van der Waals surface area (Å²) < 4.78 is 0. The van der Waals surface area contributed by atoms with Crippen LogP contribution in [0.4, 0.5) is 4.79 Å². The Morgan fingerprint density at radius 3 is 2.15 bits per heavy atom. The van der Waals surface area contributed by atoms with Gasteiger partial charge in [-0.15, -0.1) is 0 Å². The zero-order valence-electron chi connectivity index (χ0n) is 19.0. The number of rotatable bonds is 8. The smallest absolute Gasteiger partial charge is 0.315 e. The third-order valence-electron chi connectivity index (χ3n) is 6.17. The highest BCUT2D eigenvalue weighted by molar-refractivity contribution is 5.78. The topological polar surface area (TPSA) is 61.4 Å². The molecule has 1 atom stereocenters. The van der Waals surface area contributed by atoms with Crippen LogP contribution >= 0.6 is 0 Å². The second kappa shape index (κ2) is 10.8. The van der Waals surface area contributed by atoms with Crippen LogP contribution in [0.1, 0.15) is 47.9 Å². The lowest BCUT2D eigenvalue weighted by Crippen LogP contribution is -2.43. The van der Waals surface area contributed by atoms with Crippen LogP contribution in [0.25, 0.3) is 0 Å². The third-order valence-corrected chi connectivity index (χ3v) is 6.17. The van der Waals surface area contributed by atoms with E-state index >= 15 is 0 Å². The van der Waals surface area contributed by atoms with Gasteiger partial charge in [-0.05, 0) is 35.6 Å². The summed E-state index contributed by atoms with van der Waals surface area (Å²) in [6, 6.07) is 28.3. The van der Waals surface area contributed by atoms with Gasteiger partial charge >= 0.3 is 6.03 Å². The molecule has 1 aliphatic rings. The van der Waals surface area contributed by atoms with Crippen molar-refractivity contribution in [3.8, 4) is 0 Å². The number of amides is 3. The van der Waals surface area contributed by atoms with E-state index in [-0.39, 0.29) is 23.9 Å². The Hall–Kier alpha value is -3.60. The van der Waals surface area contributed by atoms with Crippen LogP contribution in [-0.2, 0) is 17.9 Å². The molecule has 1 saturated heterocycles. The summed E-state index contributed by atoms with van der Waals surface area (Å²) in [5.41, 5.74) is 4.44. The number of benzene rings is 3. The van der Waals surface area contributed by atoms with E-state index in [2.05, 4.69) is 41.0 Å². The Morgan fingerprint density at radius 1 is 0.909 bits per heavy atom. The first-order chi connectivity index (χ1) is 16.1. The molecule has 4 rings (SSSR count). The quantitative estimate of drug-likeness (QED) is 0.526. The molecule has 1 unspecified atom stereocenters. The van der Waals surface area contributed by atoms with Gasteiger partial charge in [-0.3, -0.25) is 4.79 Å². The molecule has 2 N–H and O–H groups in total. The molecule has 33 heavy (non-hydrogen) atoms. The average Bonchev–Trinajstić information content (AvgIpc) is 3.24. The van der Waals surface area contributed by atoms with Gasteiger partial charge in [0.05, 0.1) is 0 Å². The van der Waals surface area contributed by atoms with E-state index in [0.29, 0.717) is 19.5 Å². The van der Waals surface area contributed by atoms with Crippen LogP contribution in [0.5, 0.6) is 0 Å². The summed E-state index contributed by atoms with van der Waals surface area (Å²) in [5, 5.41) is 6.11. The minimum absolute atomic E-state index is 0.0551. The number of carbonyl (C=O) groups is 2. The Balaban J connectivity index is 1.37. The van der Waals surface area contributed by atoms with Gasteiger partial charge in [-0.2, -0.15) is 0 Å². The normalized spacial score (nSPS) is 14.4. The van der Waals surface area contributed by atoms with Crippen molar-refractivity contribution in [1.29, 1.82) is 0 Å². The molecule has 0 bridgehead atoms. The number of hydrogen-bond acceptors (Lipinski definition) is 2. The molecule has 0 aliphatic carbocycles. The number of nitrogens with zero attached hydrogens (tertiary/aromatic N) is 1. The molecule has 1 aliphatic heterocycles. The molecular weight excluding hydrogens is 410 g/mol. The van der Waals surface area contributed by atoms with Crippen molar-refractivity contribution in [1.82, 2.24) is 15.5 Å². The molecule has 1 fully saturated rings. The molecule has 3 aromatic rings. The van der Waals surface area contributed by atoms with Gasteiger partial charge in [-0.25, -0.2) is 4.79 Å². The first-order valence-corrected chi connectivity index (χ1v) is 11.6. The summed E-state index contributed by atoms with van der Waals surface area (Å²) >= 11 is 0. The highest BCUT2D eigenvalue weighted by atomic mass is 16.2. The molecule has 170 valence electrons. The Bertz CT molecular complexity index is 1030. The molecule has 3 amide bonds. The second-order valence-electron chi connectivity index (χ2n) is 8.65.